The first-order chi connectivity index (χ1) is 9.62. The summed E-state index contributed by atoms with van der Waals surface area (Å²) >= 11 is 0. The van der Waals surface area contributed by atoms with Crippen LogP contribution in [0.15, 0.2) is 0 Å². The van der Waals surface area contributed by atoms with E-state index in [0.29, 0.717) is 0 Å². The number of hydrogen-bond donors (Lipinski definition) is 2. The largest absolute Gasteiger partial charge is 0.465 e. The molecule has 0 spiro atoms. The van der Waals surface area contributed by atoms with Gasteiger partial charge in [-0.15, -0.1) is 0 Å². The van der Waals surface area contributed by atoms with Crippen LogP contribution in [0.2, 0.25) is 0 Å². The van der Waals surface area contributed by atoms with Crippen LogP contribution in [0.5, 0.6) is 0 Å². The van der Waals surface area contributed by atoms with Gasteiger partial charge in [0.05, 0.1) is 11.1 Å². The number of piperazine rings is 1. The van der Waals surface area contributed by atoms with Crippen molar-refractivity contribution in [3.8, 4) is 0 Å². The first-order valence-corrected chi connectivity index (χ1v) is 7.63. The van der Waals surface area contributed by atoms with E-state index in [2.05, 4.69) is 0 Å². The lowest BCUT2D eigenvalue weighted by atomic mass is 9.53. The number of hydrogen-bond acceptors (Lipinski definition) is 2. The molecule has 1 heterocycles. The molecular formula is C16H30N2O4. The van der Waals surface area contributed by atoms with E-state index >= 15 is 0 Å². The van der Waals surface area contributed by atoms with E-state index in [1.807, 2.05) is 55.4 Å². The zero-order chi connectivity index (χ0) is 17.7. The Hall–Kier alpha value is -1.46. The van der Waals surface area contributed by atoms with Crippen LogP contribution in [0.25, 0.3) is 0 Å². The van der Waals surface area contributed by atoms with Crippen molar-refractivity contribution in [2.24, 2.45) is 10.8 Å². The summed E-state index contributed by atoms with van der Waals surface area (Å²) in [7, 11) is 0. The SMILES string of the molecule is CC(C)(C)[C@]1(C)N(C(=O)O)CCN(C(=O)O)[C@@]1(C)C(C)(C)C. The smallest absolute Gasteiger partial charge is 0.407 e. The molecule has 2 amide bonds. The predicted molar refractivity (Wildman–Crippen MR) is 85.2 cm³/mol. The standard InChI is InChI=1S/C16H30N2O4/c1-13(2,3)15(7)16(8,14(4,5)6)18(12(21)22)10-9-17(15)11(19)20/h9-10H2,1-8H3,(H,19,20)(H,21,22)/t15-,16-/m0/s1. The van der Waals surface area contributed by atoms with Gasteiger partial charge in [0.2, 0.25) is 0 Å². The van der Waals surface area contributed by atoms with Gasteiger partial charge in [-0.1, -0.05) is 41.5 Å². The minimum Gasteiger partial charge on any atom is -0.465 e. The van der Waals surface area contributed by atoms with Crippen LogP contribution >= 0.6 is 0 Å². The molecule has 0 radical (unpaired) electrons. The van der Waals surface area contributed by atoms with Crippen LogP contribution in [0.3, 0.4) is 0 Å². The Bertz CT molecular complexity index is 434. The lowest BCUT2D eigenvalue weighted by Gasteiger charge is -2.68. The average molecular weight is 314 g/mol. The average Bonchev–Trinajstić information content (AvgIpc) is 2.28. The van der Waals surface area contributed by atoms with Crippen molar-refractivity contribution in [2.45, 2.75) is 66.5 Å². The lowest BCUT2D eigenvalue weighted by molar-refractivity contribution is -0.166. The van der Waals surface area contributed by atoms with Crippen molar-refractivity contribution >= 4 is 12.2 Å². The van der Waals surface area contributed by atoms with E-state index in [-0.39, 0.29) is 13.1 Å². The minimum absolute atomic E-state index is 0.182. The van der Waals surface area contributed by atoms with Gasteiger partial charge in [0.25, 0.3) is 0 Å². The summed E-state index contributed by atoms with van der Waals surface area (Å²) in [5, 5.41) is 19.4. The fraction of sp³-hybridized carbons (Fsp3) is 0.875. The highest BCUT2D eigenvalue weighted by molar-refractivity contribution is 5.71. The van der Waals surface area contributed by atoms with Crippen LogP contribution in [0, 0.1) is 10.8 Å². The number of rotatable bonds is 0. The Labute approximate surface area is 133 Å². The highest BCUT2D eigenvalue weighted by Gasteiger charge is 2.66. The predicted octanol–water partition coefficient (Wildman–Crippen LogP) is 3.57. The van der Waals surface area contributed by atoms with Gasteiger partial charge in [-0.25, -0.2) is 9.59 Å². The highest BCUT2D eigenvalue weighted by atomic mass is 16.4. The van der Waals surface area contributed by atoms with E-state index in [1.165, 1.54) is 9.80 Å². The Kier molecular flexibility index (Phi) is 4.25. The van der Waals surface area contributed by atoms with Crippen molar-refractivity contribution in [3.63, 3.8) is 0 Å². The molecule has 1 saturated heterocycles. The molecule has 0 aromatic heterocycles. The van der Waals surface area contributed by atoms with Gasteiger partial charge < -0.3 is 10.2 Å². The molecule has 6 nitrogen and oxygen atoms in total. The third-order valence-electron chi connectivity index (χ3n) is 5.96. The Morgan fingerprint density at radius 3 is 1.14 bits per heavy atom. The van der Waals surface area contributed by atoms with Crippen LogP contribution in [0.4, 0.5) is 9.59 Å². The van der Waals surface area contributed by atoms with E-state index in [9.17, 15) is 19.8 Å². The summed E-state index contributed by atoms with van der Waals surface area (Å²) in [6.45, 7) is 15.9. The first-order valence-electron chi connectivity index (χ1n) is 7.63. The van der Waals surface area contributed by atoms with Gasteiger partial charge in [-0.05, 0) is 24.7 Å². The molecule has 0 bridgehead atoms. The van der Waals surface area contributed by atoms with Crippen molar-refractivity contribution in [3.05, 3.63) is 0 Å². The number of carboxylic acid groups (broad SMARTS) is 2. The molecule has 6 heteroatoms. The third-order valence-corrected chi connectivity index (χ3v) is 5.96. The third kappa shape index (κ3) is 2.23. The van der Waals surface area contributed by atoms with Crippen molar-refractivity contribution in [1.29, 1.82) is 0 Å². The monoisotopic (exact) mass is 314 g/mol. The molecule has 0 unspecified atom stereocenters. The number of amides is 2. The summed E-state index contributed by atoms with van der Waals surface area (Å²) in [6, 6.07) is 0. The van der Waals surface area contributed by atoms with E-state index in [0.717, 1.165) is 0 Å². The zero-order valence-electron chi connectivity index (χ0n) is 15.0. The molecule has 22 heavy (non-hydrogen) atoms. The second kappa shape index (κ2) is 5.03. The molecule has 0 saturated carbocycles. The van der Waals surface area contributed by atoms with E-state index in [4.69, 9.17) is 0 Å². The minimum atomic E-state index is -1.00. The molecule has 0 aromatic carbocycles. The molecule has 1 aliphatic heterocycles. The molecule has 1 rings (SSSR count). The molecule has 2 atom stereocenters. The maximum atomic E-state index is 11.9. The Morgan fingerprint density at radius 2 is 1.00 bits per heavy atom. The molecule has 2 N–H and O–H groups in total. The number of carbonyl (C=O) groups is 2. The second-order valence-electron chi connectivity index (χ2n) is 8.51. The quantitative estimate of drug-likeness (QED) is 0.716. The molecular weight excluding hydrogens is 284 g/mol. The van der Waals surface area contributed by atoms with Crippen LogP contribution in [-0.4, -0.2) is 56.4 Å². The molecule has 0 aliphatic carbocycles. The Morgan fingerprint density at radius 1 is 0.773 bits per heavy atom. The molecule has 1 fully saturated rings. The Balaban J connectivity index is 3.75. The number of nitrogens with zero attached hydrogens (tertiary/aromatic N) is 2. The fourth-order valence-electron chi connectivity index (χ4n) is 4.02. The van der Waals surface area contributed by atoms with Gasteiger partial charge in [-0.3, -0.25) is 9.80 Å². The maximum absolute atomic E-state index is 11.9. The van der Waals surface area contributed by atoms with Gasteiger partial charge in [0, 0.05) is 13.1 Å². The van der Waals surface area contributed by atoms with Crippen molar-refractivity contribution in [1.82, 2.24) is 9.80 Å². The van der Waals surface area contributed by atoms with Gasteiger partial charge in [0.15, 0.2) is 0 Å². The van der Waals surface area contributed by atoms with Crippen LogP contribution in [0.1, 0.15) is 55.4 Å². The topological polar surface area (TPSA) is 81.1 Å². The summed E-state index contributed by atoms with van der Waals surface area (Å²) < 4.78 is 0. The summed E-state index contributed by atoms with van der Waals surface area (Å²) in [5.41, 5.74) is -2.63. The highest BCUT2D eigenvalue weighted by Crippen LogP contribution is 2.55. The van der Waals surface area contributed by atoms with E-state index < -0.39 is 34.1 Å². The maximum Gasteiger partial charge on any atom is 0.407 e. The summed E-state index contributed by atoms with van der Waals surface area (Å²) in [6.07, 6.45) is -2.00. The van der Waals surface area contributed by atoms with E-state index in [1.54, 1.807) is 0 Å². The lowest BCUT2D eigenvalue weighted by Crippen LogP contribution is -2.82. The molecule has 0 aromatic rings. The molecule has 1 aliphatic rings. The molecule has 128 valence electrons. The van der Waals surface area contributed by atoms with Gasteiger partial charge in [0.1, 0.15) is 0 Å². The first kappa shape index (κ1) is 18.6. The fourth-order valence-corrected chi connectivity index (χ4v) is 4.02. The van der Waals surface area contributed by atoms with Crippen molar-refractivity contribution < 1.29 is 19.8 Å². The van der Waals surface area contributed by atoms with Crippen LogP contribution < -0.4 is 0 Å². The van der Waals surface area contributed by atoms with Crippen molar-refractivity contribution in [2.75, 3.05) is 13.1 Å². The second-order valence-corrected chi connectivity index (χ2v) is 8.51. The van der Waals surface area contributed by atoms with Crippen LogP contribution in [-0.2, 0) is 0 Å². The van der Waals surface area contributed by atoms with Gasteiger partial charge >= 0.3 is 12.2 Å². The normalized spacial score (nSPS) is 30.4. The zero-order valence-corrected chi connectivity index (χ0v) is 15.0. The summed E-state index contributed by atoms with van der Waals surface area (Å²) in [4.78, 5) is 26.6. The van der Waals surface area contributed by atoms with Gasteiger partial charge in [-0.2, -0.15) is 0 Å². The summed E-state index contributed by atoms with van der Waals surface area (Å²) in [5.74, 6) is 0.